The van der Waals surface area contributed by atoms with Crippen molar-refractivity contribution in [2.45, 2.75) is 6.42 Å². The summed E-state index contributed by atoms with van der Waals surface area (Å²) in [6, 6.07) is 4.57. The molecule has 100 valence electrons. The third kappa shape index (κ3) is 5.12. The molecular weight excluding hydrogens is 276 g/mol. The molecule has 0 aliphatic carbocycles. The quantitative estimate of drug-likeness (QED) is 0.437. The molecule has 0 bridgehead atoms. The van der Waals surface area contributed by atoms with Crippen LogP contribution in [0.3, 0.4) is 0 Å². The minimum absolute atomic E-state index is 0.0112. The first kappa shape index (κ1) is 15.1. The van der Waals surface area contributed by atoms with Gasteiger partial charge >= 0.3 is 0 Å². The van der Waals surface area contributed by atoms with Crippen LogP contribution in [0.25, 0.3) is 0 Å². The molecule has 0 aromatic heterocycles. The fraction of sp³-hybridized carbons (Fsp3) is 0.455. The second-order valence-electron chi connectivity index (χ2n) is 3.53. The van der Waals surface area contributed by atoms with Crippen LogP contribution in [-0.4, -0.2) is 34.7 Å². The number of aliphatic hydroxyl groups is 1. The number of nitro benzene ring substituents is 1. The van der Waals surface area contributed by atoms with Gasteiger partial charge in [0.05, 0.1) is 4.92 Å². The van der Waals surface area contributed by atoms with Gasteiger partial charge in [-0.05, 0) is 24.3 Å². The number of hydrogen-bond donors (Lipinski definition) is 2. The molecule has 1 aromatic rings. The van der Waals surface area contributed by atoms with Gasteiger partial charge in [-0.3, -0.25) is 10.1 Å². The summed E-state index contributed by atoms with van der Waals surface area (Å²) in [5.41, 5.74) is 0.468. The van der Waals surface area contributed by atoms with E-state index in [9.17, 15) is 10.1 Å². The molecule has 0 fully saturated rings. The Morgan fingerprint density at radius 2 is 2.22 bits per heavy atom. The van der Waals surface area contributed by atoms with Crippen molar-refractivity contribution < 1.29 is 10.0 Å². The van der Waals surface area contributed by atoms with Gasteiger partial charge < -0.3 is 10.4 Å². The van der Waals surface area contributed by atoms with Crippen LogP contribution in [0.1, 0.15) is 6.42 Å². The Morgan fingerprint density at radius 3 is 2.89 bits per heavy atom. The van der Waals surface area contributed by atoms with Gasteiger partial charge in [-0.25, -0.2) is 0 Å². The van der Waals surface area contributed by atoms with Gasteiger partial charge in [0.1, 0.15) is 5.69 Å². The Labute approximate surface area is 115 Å². The number of benzene rings is 1. The number of nitrogens with one attached hydrogen (secondary N) is 1. The maximum atomic E-state index is 10.8. The number of hydrogen-bond acceptors (Lipinski definition) is 5. The molecule has 0 heterocycles. The molecule has 18 heavy (non-hydrogen) atoms. The molecule has 2 N–H and O–H groups in total. The lowest BCUT2D eigenvalue weighted by molar-refractivity contribution is -0.383. The Hall–Kier alpha value is -0.980. The van der Waals surface area contributed by atoms with Gasteiger partial charge in [-0.15, -0.1) is 0 Å². The van der Waals surface area contributed by atoms with E-state index in [1.807, 2.05) is 0 Å². The van der Waals surface area contributed by atoms with Crippen molar-refractivity contribution in [1.82, 2.24) is 0 Å². The summed E-state index contributed by atoms with van der Waals surface area (Å²) < 4.78 is 0. The van der Waals surface area contributed by atoms with E-state index in [0.29, 0.717) is 17.3 Å². The average Bonchev–Trinajstić information content (AvgIpc) is 2.35. The fourth-order valence-corrected chi connectivity index (χ4v) is 2.28. The largest absolute Gasteiger partial charge is 0.396 e. The number of anilines is 1. The van der Waals surface area contributed by atoms with Crippen LogP contribution in [0.5, 0.6) is 0 Å². The molecule has 0 saturated carbocycles. The third-order valence-electron chi connectivity index (χ3n) is 2.17. The molecular formula is C11H15ClN2O3S. The van der Waals surface area contributed by atoms with Crippen molar-refractivity contribution in [2.75, 3.05) is 30.0 Å². The van der Waals surface area contributed by atoms with E-state index in [0.717, 1.165) is 17.9 Å². The van der Waals surface area contributed by atoms with E-state index in [4.69, 9.17) is 16.7 Å². The average molecular weight is 291 g/mol. The second-order valence-corrected chi connectivity index (χ2v) is 5.20. The van der Waals surface area contributed by atoms with Crippen LogP contribution in [0, 0.1) is 10.1 Å². The molecule has 0 saturated heterocycles. The van der Waals surface area contributed by atoms with Crippen LogP contribution in [0.4, 0.5) is 11.4 Å². The monoisotopic (exact) mass is 290 g/mol. The highest BCUT2D eigenvalue weighted by Crippen LogP contribution is 2.27. The zero-order chi connectivity index (χ0) is 13.4. The maximum absolute atomic E-state index is 10.8. The molecule has 0 amide bonds. The minimum atomic E-state index is -0.451. The normalized spacial score (nSPS) is 10.3. The summed E-state index contributed by atoms with van der Waals surface area (Å²) >= 11 is 7.42. The maximum Gasteiger partial charge on any atom is 0.293 e. The number of nitrogens with zero attached hydrogens (tertiary/aromatic N) is 1. The highest BCUT2D eigenvalue weighted by atomic mass is 35.5. The standard InChI is InChI=1S/C11H15ClN2O3S/c12-9-2-3-10(11(8-9)14(16)17)13-4-7-18-6-1-5-15/h2-3,8,13,15H,1,4-7H2. The minimum Gasteiger partial charge on any atom is -0.396 e. The zero-order valence-electron chi connectivity index (χ0n) is 9.76. The van der Waals surface area contributed by atoms with Crippen LogP contribution in [0.15, 0.2) is 18.2 Å². The molecule has 0 aliphatic heterocycles. The first-order valence-electron chi connectivity index (χ1n) is 5.51. The lowest BCUT2D eigenvalue weighted by Gasteiger charge is -2.07. The lowest BCUT2D eigenvalue weighted by Crippen LogP contribution is -2.06. The number of thioether (sulfide) groups is 1. The van der Waals surface area contributed by atoms with Crippen LogP contribution < -0.4 is 5.32 Å². The summed E-state index contributed by atoms with van der Waals surface area (Å²) in [7, 11) is 0. The molecule has 0 radical (unpaired) electrons. The van der Waals surface area contributed by atoms with Crippen molar-refractivity contribution in [1.29, 1.82) is 0 Å². The first-order valence-corrected chi connectivity index (χ1v) is 7.05. The van der Waals surface area contributed by atoms with Gasteiger partial charge in [0.25, 0.3) is 5.69 Å². The van der Waals surface area contributed by atoms with Gasteiger partial charge in [0, 0.05) is 30.0 Å². The van der Waals surface area contributed by atoms with Gasteiger partial charge in [0.15, 0.2) is 0 Å². The van der Waals surface area contributed by atoms with E-state index in [2.05, 4.69) is 5.32 Å². The number of aliphatic hydroxyl groups excluding tert-OH is 1. The topological polar surface area (TPSA) is 75.4 Å². The van der Waals surface area contributed by atoms with E-state index in [-0.39, 0.29) is 12.3 Å². The predicted molar refractivity (Wildman–Crippen MR) is 75.6 cm³/mol. The number of halogens is 1. The van der Waals surface area contributed by atoms with Gasteiger partial charge in [0.2, 0.25) is 0 Å². The summed E-state index contributed by atoms with van der Waals surface area (Å²) in [6.07, 6.45) is 0.770. The summed E-state index contributed by atoms with van der Waals surface area (Å²) in [6.45, 7) is 0.835. The molecule has 7 heteroatoms. The van der Waals surface area contributed by atoms with E-state index in [1.165, 1.54) is 6.07 Å². The highest BCUT2D eigenvalue weighted by Gasteiger charge is 2.13. The molecule has 1 aromatic carbocycles. The third-order valence-corrected chi connectivity index (χ3v) is 3.47. The molecule has 0 aliphatic rings. The van der Waals surface area contributed by atoms with E-state index < -0.39 is 4.92 Å². The van der Waals surface area contributed by atoms with Gasteiger partial charge in [-0.1, -0.05) is 11.6 Å². The van der Waals surface area contributed by atoms with Crippen molar-refractivity contribution in [3.05, 3.63) is 33.3 Å². The predicted octanol–water partition coefficient (Wildman–Crippen LogP) is 2.78. The van der Waals surface area contributed by atoms with Crippen LogP contribution in [-0.2, 0) is 0 Å². The molecule has 0 spiro atoms. The summed E-state index contributed by atoms with van der Waals surface area (Å²) in [5, 5.41) is 22.8. The Kier molecular flexibility index (Phi) is 6.85. The van der Waals surface area contributed by atoms with Crippen LogP contribution in [0.2, 0.25) is 5.02 Å². The molecule has 1 rings (SSSR count). The Morgan fingerprint density at radius 1 is 1.44 bits per heavy atom. The number of nitro groups is 1. The smallest absolute Gasteiger partial charge is 0.293 e. The highest BCUT2D eigenvalue weighted by molar-refractivity contribution is 7.99. The Balaban J connectivity index is 2.44. The van der Waals surface area contributed by atoms with Gasteiger partial charge in [-0.2, -0.15) is 11.8 Å². The molecule has 5 nitrogen and oxygen atoms in total. The number of rotatable bonds is 8. The van der Waals surface area contributed by atoms with Crippen molar-refractivity contribution >= 4 is 34.7 Å². The van der Waals surface area contributed by atoms with Crippen molar-refractivity contribution in [2.24, 2.45) is 0 Å². The second kappa shape index (κ2) is 8.18. The van der Waals surface area contributed by atoms with E-state index in [1.54, 1.807) is 23.9 Å². The first-order chi connectivity index (χ1) is 8.65. The summed E-state index contributed by atoms with van der Waals surface area (Å²) in [4.78, 5) is 10.4. The van der Waals surface area contributed by atoms with Crippen molar-refractivity contribution in [3.63, 3.8) is 0 Å². The van der Waals surface area contributed by atoms with Crippen LogP contribution >= 0.6 is 23.4 Å². The van der Waals surface area contributed by atoms with E-state index >= 15 is 0 Å². The Bertz CT molecular complexity index is 404. The SMILES string of the molecule is O=[N+]([O-])c1cc(Cl)ccc1NCCSCCCO. The lowest BCUT2D eigenvalue weighted by atomic mass is 10.2. The molecule has 0 atom stereocenters. The zero-order valence-corrected chi connectivity index (χ0v) is 11.3. The van der Waals surface area contributed by atoms with Crippen molar-refractivity contribution in [3.8, 4) is 0 Å². The summed E-state index contributed by atoms with van der Waals surface area (Å²) in [5.74, 6) is 1.72. The fourth-order valence-electron chi connectivity index (χ4n) is 1.33. The molecule has 0 unspecified atom stereocenters.